The van der Waals surface area contributed by atoms with Crippen LogP contribution in [-0.2, 0) is 56.7 Å². The normalized spacial score (nSPS) is 28.5. The lowest BCUT2D eigenvalue weighted by Gasteiger charge is -2.46. The van der Waals surface area contributed by atoms with Crippen LogP contribution in [0.2, 0.25) is 0 Å². The molecular weight excluding hydrogens is 919 g/mol. The van der Waals surface area contributed by atoms with E-state index in [2.05, 4.69) is 14.0 Å². The van der Waals surface area contributed by atoms with E-state index in [1.54, 1.807) is 0 Å². The number of aromatic hydroxyl groups is 3. The number of phosphoric acid groups is 1. The Labute approximate surface area is 359 Å². The van der Waals surface area contributed by atoms with Gasteiger partial charge in [-0.25, -0.2) is 28.5 Å². The Hall–Kier alpha value is -7.08. The Bertz CT molecular complexity index is 2220. The molecule has 0 saturated carbocycles. The van der Waals surface area contributed by atoms with Crippen molar-refractivity contribution < 1.29 is 145 Å². The first-order valence-corrected chi connectivity index (χ1v) is 19.4. The van der Waals surface area contributed by atoms with Crippen molar-refractivity contribution >= 4 is 50.4 Å². The highest BCUT2D eigenvalue weighted by Gasteiger charge is 2.57. The minimum Gasteiger partial charge on any atom is -0.507 e. The average Bonchev–Trinajstić information content (AvgIpc) is 3.16. The fourth-order valence-corrected chi connectivity index (χ4v) is 7.22. The molecule has 6 unspecified atom stereocenters. The zero-order valence-corrected chi connectivity index (χ0v) is 33.5. The van der Waals surface area contributed by atoms with Crippen LogP contribution in [0.5, 0.6) is 28.7 Å². The average molecular weight is 955 g/mol. The van der Waals surface area contributed by atoms with E-state index < -0.39 is 165 Å². The van der Waals surface area contributed by atoms with E-state index in [1.165, 1.54) is 0 Å². The third-order valence-corrected chi connectivity index (χ3v) is 9.60. The van der Waals surface area contributed by atoms with Crippen molar-refractivity contribution in [2.24, 2.45) is 0 Å². The maximum absolute atomic E-state index is 14.3. The highest BCUT2D eigenvalue weighted by Crippen LogP contribution is 2.48. The number of carbonyl (C=O) groups is 7. The number of esters is 1. The molecule has 65 heavy (non-hydrogen) atoms. The van der Waals surface area contributed by atoms with Crippen LogP contribution >= 0.6 is 7.82 Å². The number of Topliss-reactive ketones (excluding diaryl/α,β-unsaturated/α-hetero) is 1. The van der Waals surface area contributed by atoms with Crippen molar-refractivity contribution in [1.82, 2.24) is 0 Å². The summed E-state index contributed by atoms with van der Waals surface area (Å²) < 4.78 is 74.1. The van der Waals surface area contributed by atoms with E-state index in [9.17, 15) is 88.8 Å². The second kappa shape index (κ2) is 19.8. The number of hydrogen-bond acceptors (Lipinski definition) is 23. The second-order valence-corrected chi connectivity index (χ2v) is 14.7. The van der Waals surface area contributed by atoms with Gasteiger partial charge in [-0.15, -0.1) is 0 Å². The number of phosphoric ester groups is 1. The third-order valence-electron chi connectivity index (χ3n) is 9.15. The van der Waals surface area contributed by atoms with Crippen LogP contribution in [0.15, 0.2) is 30.3 Å². The van der Waals surface area contributed by atoms with Crippen LogP contribution in [0, 0.1) is 0 Å². The molecule has 3 heterocycles. The van der Waals surface area contributed by atoms with Crippen molar-refractivity contribution in [2.75, 3.05) is 6.61 Å². The van der Waals surface area contributed by atoms with E-state index in [0.29, 0.717) is 6.07 Å². The van der Waals surface area contributed by atoms with E-state index >= 15 is 0 Å². The zero-order valence-electron chi connectivity index (χ0n) is 32.6. The lowest BCUT2D eigenvalue weighted by molar-refractivity contribution is -0.334. The van der Waals surface area contributed by atoms with Crippen LogP contribution in [0.3, 0.4) is 0 Å². The summed E-state index contributed by atoms with van der Waals surface area (Å²) in [4.78, 5) is 104. The van der Waals surface area contributed by atoms with Gasteiger partial charge in [0.15, 0.2) is 72.9 Å². The van der Waals surface area contributed by atoms with E-state index in [4.69, 9.17) is 42.6 Å². The first-order valence-electron chi connectivity index (χ1n) is 17.9. The Morgan fingerprint density at radius 2 is 1.20 bits per heavy atom. The summed E-state index contributed by atoms with van der Waals surface area (Å²) in [6, 6.07) is 4.21. The zero-order chi connectivity index (χ0) is 48.2. The number of carbonyl (C=O) groups excluding carboxylic acids is 2. The summed E-state index contributed by atoms with van der Waals surface area (Å²) >= 11 is 0. The molecule has 0 radical (unpaired) electrons. The fraction of sp³-hybridized carbons (Fsp3) is 0.441. The second-order valence-electron chi connectivity index (χ2n) is 13.5. The van der Waals surface area contributed by atoms with Gasteiger partial charge in [0, 0.05) is 19.1 Å². The highest BCUT2D eigenvalue weighted by molar-refractivity contribution is 7.46. The number of ether oxygens (including phenoxy) is 11. The first-order chi connectivity index (χ1) is 30.3. The minimum atomic E-state index is -5.28. The van der Waals surface area contributed by atoms with Crippen LogP contribution in [-0.4, -0.2) is 167 Å². The highest BCUT2D eigenvalue weighted by atomic mass is 31.2. The van der Waals surface area contributed by atoms with Gasteiger partial charge in [-0.1, -0.05) is 6.07 Å². The molecule has 0 spiro atoms. The van der Waals surface area contributed by atoms with Crippen LogP contribution in [0.4, 0.5) is 24.0 Å². The summed E-state index contributed by atoms with van der Waals surface area (Å²) in [5.41, 5.74) is -0.986. The summed E-state index contributed by atoms with van der Waals surface area (Å²) in [5, 5.41) is 78.8. The topological polar surface area (TPSA) is 450 Å². The molecule has 0 aromatic heterocycles. The Balaban J connectivity index is 1.60. The number of phenols is 3. The Kier molecular flexibility index (Phi) is 14.9. The standard InChI is InChI=1S/C34H35O30P/c1-9-20(59-30(40)41)24(61-32(44)45)26(63-34(48)49)28(54-9)53-8-17-22(60-31(42)43)25(62-33(46)47)27(55-10(2)35)29(57-17)58-23-19(39)18-15(38)6-12(64-65(50,51)52)7-16(18)56-21(23)11-3-4-13(36)14(37)5-11/h3-7,9,17,20-29,36-38H,8H2,1-2H3,(H,40,41)(H,42,43)(H,44,45)(H,46,47)(H,48,49)(H2,50,51,52)/t9?,17-,20?,21?,22?,23?,24-,25+,26-,27?,28+,29+/m1/s1. The summed E-state index contributed by atoms with van der Waals surface area (Å²) in [5.74, 6) is -6.39. The van der Waals surface area contributed by atoms with Crippen molar-refractivity contribution in [3.8, 4) is 28.7 Å². The van der Waals surface area contributed by atoms with Gasteiger partial charge in [-0.3, -0.25) is 19.4 Å². The molecule has 5 rings (SSSR count). The molecule has 2 aromatic rings. The van der Waals surface area contributed by atoms with Crippen molar-refractivity contribution in [2.45, 2.75) is 87.5 Å². The number of fused-ring (bicyclic) bond motifs is 1. The number of carboxylic acid groups (broad SMARTS) is 5. The predicted molar refractivity (Wildman–Crippen MR) is 192 cm³/mol. The molecule has 30 nitrogen and oxygen atoms in total. The SMILES string of the molecule is CC(=O)OC1[C@H](OC2C(=O)c3c(O)cc(OP(=O)(O)O)cc3OC2c2ccc(O)c(O)c2)O[C@H](CO[C@H]2OC(C)C(OC(=O)O)[C@@H](OC(=O)O)[C@H]2OC(=O)O)C(OC(=O)O)[C@@H]1OC(=O)O. The van der Waals surface area contributed by atoms with Gasteiger partial charge in [0.2, 0.25) is 5.78 Å². The third kappa shape index (κ3) is 11.9. The van der Waals surface area contributed by atoms with Gasteiger partial charge in [0.25, 0.3) is 0 Å². The molecule has 10 N–H and O–H groups in total. The number of ketones is 1. The van der Waals surface area contributed by atoms with Crippen molar-refractivity contribution in [1.29, 1.82) is 0 Å². The molecule has 0 aliphatic carbocycles. The van der Waals surface area contributed by atoms with Gasteiger partial charge in [-0.2, -0.15) is 0 Å². The van der Waals surface area contributed by atoms with E-state index in [0.717, 1.165) is 38.1 Å². The molecule has 12 atom stereocenters. The van der Waals surface area contributed by atoms with Crippen molar-refractivity contribution in [3.63, 3.8) is 0 Å². The van der Waals surface area contributed by atoms with Gasteiger partial charge >= 0.3 is 44.6 Å². The number of rotatable bonds is 14. The molecule has 0 bridgehead atoms. The van der Waals surface area contributed by atoms with Crippen molar-refractivity contribution in [3.05, 3.63) is 41.5 Å². The van der Waals surface area contributed by atoms with Gasteiger partial charge < -0.3 is 97.5 Å². The molecule has 3 aliphatic rings. The molecule has 0 amide bonds. The lowest BCUT2D eigenvalue weighted by Crippen LogP contribution is -2.65. The molecule has 356 valence electrons. The molecule has 31 heteroatoms. The Morgan fingerprint density at radius 1 is 0.662 bits per heavy atom. The lowest BCUT2D eigenvalue weighted by atomic mass is 9.92. The molecular formula is C34H35O30P. The maximum Gasteiger partial charge on any atom is 0.524 e. The molecule has 2 aromatic carbocycles. The molecule has 2 saturated heterocycles. The first kappa shape index (κ1) is 48.9. The molecule has 3 aliphatic heterocycles. The van der Waals surface area contributed by atoms with Crippen LogP contribution < -0.4 is 9.26 Å². The summed E-state index contributed by atoms with van der Waals surface area (Å²) in [6.45, 7) is 0.703. The maximum atomic E-state index is 14.3. The van der Waals surface area contributed by atoms with E-state index in [1.807, 2.05) is 0 Å². The summed E-state index contributed by atoms with van der Waals surface area (Å²) in [7, 11) is -5.28. The predicted octanol–water partition coefficient (Wildman–Crippen LogP) is 1.71. The van der Waals surface area contributed by atoms with Crippen LogP contribution in [0.1, 0.15) is 35.9 Å². The summed E-state index contributed by atoms with van der Waals surface area (Å²) in [6.07, 6.45) is -36.0. The van der Waals surface area contributed by atoms with Gasteiger partial charge in [0.1, 0.15) is 28.9 Å². The number of hydrogen-bond donors (Lipinski definition) is 10. The number of benzene rings is 2. The fourth-order valence-electron chi connectivity index (χ4n) is 6.84. The smallest absolute Gasteiger partial charge is 0.507 e. The van der Waals surface area contributed by atoms with Crippen LogP contribution in [0.25, 0.3) is 0 Å². The van der Waals surface area contributed by atoms with Gasteiger partial charge in [-0.05, 0) is 24.6 Å². The largest absolute Gasteiger partial charge is 0.524 e. The van der Waals surface area contributed by atoms with Gasteiger partial charge in [0.05, 0.1) is 12.7 Å². The quantitative estimate of drug-likeness (QED) is 0.0557. The Morgan fingerprint density at radius 3 is 1.75 bits per heavy atom. The van der Waals surface area contributed by atoms with E-state index in [-0.39, 0.29) is 5.56 Å². The molecule has 2 fully saturated rings. The monoisotopic (exact) mass is 954 g/mol. The number of phenolic OH excluding ortho intramolecular Hbond substituents is 3. The minimum absolute atomic E-state index is 0.230.